The van der Waals surface area contributed by atoms with Crippen LogP contribution in [0, 0.1) is 11.8 Å². The quantitative estimate of drug-likeness (QED) is 0.279. The molecular weight excluding hydrogens is 84.1 g/mol. The zero-order valence-corrected chi connectivity index (χ0v) is 4.70. The standard InChI is InChI=1S/C7H10/c1-3-5-7-6-4-2/h3H,1,5,7H2,2H3. The number of allylic oxidation sites excluding steroid dienone is 1. The Morgan fingerprint density at radius 1 is 1.71 bits per heavy atom. The van der Waals surface area contributed by atoms with E-state index in [0.29, 0.717) is 0 Å². The summed E-state index contributed by atoms with van der Waals surface area (Å²) in [4.78, 5) is 0. The van der Waals surface area contributed by atoms with Gasteiger partial charge < -0.3 is 0 Å². The van der Waals surface area contributed by atoms with Crippen molar-refractivity contribution in [2.45, 2.75) is 19.8 Å². The average Bonchev–Trinajstić information content (AvgIpc) is 1.69. The molecule has 0 aromatic rings. The van der Waals surface area contributed by atoms with E-state index < -0.39 is 0 Å². The molecule has 7 heavy (non-hydrogen) atoms. The summed E-state index contributed by atoms with van der Waals surface area (Å²) in [5.41, 5.74) is 0. The molecule has 0 spiro atoms. The largest absolute Gasteiger partial charge is 0.107 e. The molecule has 0 amide bonds. The minimum Gasteiger partial charge on any atom is -0.107 e. The molecule has 0 unspecified atom stereocenters. The molecular formula is C7H10. The van der Waals surface area contributed by atoms with Crippen LogP contribution in [0.25, 0.3) is 0 Å². The van der Waals surface area contributed by atoms with E-state index in [-0.39, 0.29) is 0 Å². The highest BCUT2D eigenvalue weighted by Gasteiger charge is 1.67. The van der Waals surface area contributed by atoms with Crippen LogP contribution in [0.5, 0.6) is 0 Å². The van der Waals surface area contributed by atoms with Gasteiger partial charge in [-0.15, -0.1) is 18.4 Å². The molecule has 0 N–H and O–H groups in total. The van der Waals surface area contributed by atoms with Crippen LogP contribution in [-0.4, -0.2) is 0 Å². The molecule has 0 rings (SSSR count). The Bertz CT molecular complexity index is 90.3. The third kappa shape index (κ3) is 5.30. The average molecular weight is 94.2 g/mol. The number of hydrogen-bond acceptors (Lipinski definition) is 0. The van der Waals surface area contributed by atoms with E-state index in [1.807, 2.05) is 13.0 Å². The summed E-state index contributed by atoms with van der Waals surface area (Å²) in [6.45, 7) is 5.42. The van der Waals surface area contributed by atoms with Gasteiger partial charge in [0, 0.05) is 6.42 Å². The highest BCUT2D eigenvalue weighted by molar-refractivity contribution is 4.96. The first-order chi connectivity index (χ1) is 3.41. The lowest BCUT2D eigenvalue weighted by molar-refractivity contribution is 1.09. The van der Waals surface area contributed by atoms with Gasteiger partial charge in [-0.05, 0) is 13.3 Å². The Balaban J connectivity index is 2.92. The summed E-state index contributed by atoms with van der Waals surface area (Å²) in [7, 11) is 0. The van der Waals surface area contributed by atoms with E-state index in [1.165, 1.54) is 0 Å². The van der Waals surface area contributed by atoms with Gasteiger partial charge >= 0.3 is 0 Å². The van der Waals surface area contributed by atoms with E-state index in [2.05, 4.69) is 18.4 Å². The van der Waals surface area contributed by atoms with Crippen molar-refractivity contribution in [3.05, 3.63) is 12.7 Å². The maximum absolute atomic E-state index is 3.56. The molecule has 0 aromatic heterocycles. The molecule has 0 aliphatic rings. The van der Waals surface area contributed by atoms with Crippen molar-refractivity contribution in [3.8, 4) is 11.8 Å². The lowest BCUT2D eigenvalue weighted by Gasteiger charge is -1.75. The van der Waals surface area contributed by atoms with Crippen LogP contribution in [0.1, 0.15) is 19.8 Å². The summed E-state index contributed by atoms with van der Waals surface area (Å²) in [5.74, 6) is 5.73. The number of rotatable bonds is 2. The Hall–Kier alpha value is -0.700. The number of unbranched alkanes of at least 4 members (excludes halogenated alkanes) is 1. The Morgan fingerprint density at radius 3 is 2.86 bits per heavy atom. The maximum atomic E-state index is 3.56. The van der Waals surface area contributed by atoms with Gasteiger partial charge in [-0.3, -0.25) is 0 Å². The Kier molecular flexibility index (Phi) is 4.77. The van der Waals surface area contributed by atoms with Crippen LogP contribution in [-0.2, 0) is 0 Å². The second kappa shape index (κ2) is 5.30. The fourth-order valence-corrected chi connectivity index (χ4v) is 0.299. The minimum atomic E-state index is 0.958. The fourth-order valence-electron chi connectivity index (χ4n) is 0.299. The second-order valence-corrected chi connectivity index (χ2v) is 1.25. The molecule has 0 heteroatoms. The van der Waals surface area contributed by atoms with Gasteiger partial charge in [-0.2, -0.15) is 0 Å². The molecule has 0 aliphatic heterocycles. The first-order valence-corrected chi connectivity index (χ1v) is 2.42. The zero-order valence-electron chi connectivity index (χ0n) is 4.70. The molecule has 0 aromatic carbocycles. The molecule has 0 atom stereocenters. The normalized spacial score (nSPS) is 6.43. The summed E-state index contributed by atoms with van der Waals surface area (Å²) < 4.78 is 0. The second-order valence-electron chi connectivity index (χ2n) is 1.25. The zero-order chi connectivity index (χ0) is 5.54. The fraction of sp³-hybridized carbons (Fsp3) is 0.429. The van der Waals surface area contributed by atoms with Crippen LogP contribution in [0.2, 0.25) is 0 Å². The highest BCUT2D eigenvalue weighted by atomic mass is 13.7. The molecule has 0 fully saturated rings. The molecule has 0 radical (unpaired) electrons. The summed E-state index contributed by atoms with van der Waals surface area (Å²) in [5, 5.41) is 0. The Morgan fingerprint density at radius 2 is 2.43 bits per heavy atom. The van der Waals surface area contributed by atoms with E-state index >= 15 is 0 Å². The third-order valence-electron chi connectivity index (χ3n) is 0.650. The van der Waals surface area contributed by atoms with Crippen LogP contribution in [0.3, 0.4) is 0 Å². The van der Waals surface area contributed by atoms with Gasteiger partial charge in [0.25, 0.3) is 0 Å². The summed E-state index contributed by atoms with van der Waals surface area (Å²) >= 11 is 0. The molecule has 0 saturated carbocycles. The van der Waals surface area contributed by atoms with Gasteiger partial charge in [-0.1, -0.05) is 6.08 Å². The van der Waals surface area contributed by atoms with Crippen molar-refractivity contribution in [1.82, 2.24) is 0 Å². The van der Waals surface area contributed by atoms with Crippen molar-refractivity contribution < 1.29 is 0 Å². The highest BCUT2D eigenvalue weighted by Crippen LogP contribution is 1.83. The van der Waals surface area contributed by atoms with Crippen LogP contribution in [0.4, 0.5) is 0 Å². The lowest BCUT2D eigenvalue weighted by atomic mass is 10.3. The first kappa shape index (κ1) is 6.30. The third-order valence-corrected chi connectivity index (χ3v) is 0.650. The molecule has 0 bridgehead atoms. The Labute approximate surface area is 45.2 Å². The molecule has 0 nitrogen and oxygen atoms in total. The monoisotopic (exact) mass is 94.1 g/mol. The van der Waals surface area contributed by atoms with Crippen molar-refractivity contribution >= 4 is 0 Å². The van der Waals surface area contributed by atoms with Crippen LogP contribution >= 0.6 is 0 Å². The summed E-state index contributed by atoms with van der Waals surface area (Å²) in [6, 6.07) is 0. The van der Waals surface area contributed by atoms with Crippen molar-refractivity contribution in [1.29, 1.82) is 0 Å². The maximum Gasteiger partial charge on any atom is 0.0123 e. The molecule has 0 saturated heterocycles. The van der Waals surface area contributed by atoms with E-state index in [9.17, 15) is 0 Å². The van der Waals surface area contributed by atoms with E-state index in [1.54, 1.807) is 0 Å². The molecule has 0 aliphatic carbocycles. The topological polar surface area (TPSA) is 0 Å². The minimum absolute atomic E-state index is 0.958. The predicted octanol–water partition coefficient (Wildman–Crippen LogP) is 1.98. The molecule has 38 valence electrons. The number of hydrogen-bond donors (Lipinski definition) is 0. The van der Waals surface area contributed by atoms with Gasteiger partial charge in [0.2, 0.25) is 0 Å². The van der Waals surface area contributed by atoms with E-state index in [0.717, 1.165) is 12.8 Å². The van der Waals surface area contributed by atoms with Gasteiger partial charge in [0.05, 0.1) is 0 Å². The van der Waals surface area contributed by atoms with Gasteiger partial charge in [0.15, 0.2) is 0 Å². The SMILES string of the molecule is C=CCCC#CC. The lowest BCUT2D eigenvalue weighted by Crippen LogP contribution is -1.59. The predicted molar refractivity (Wildman–Crippen MR) is 32.9 cm³/mol. The van der Waals surface area contributed by atoms with Crippen LogP contribution in [0.15, 0.2) is 12.7 Å². The van der Waals surface area contributed by atoms with Gasteiger partial charge in [-0.25, -0.2) is 0 Å². The summed E-state index contributed by atoms with van der Waals surface area (Å²) in [6.07, 6.45) is 3.85. The molecule has 0 heterocycles. The van der Waals surface area contributed by atoms with Crippen molar-refractivity contribution in [2.24, 2.45) is 0 Å². The van der Waals surface area contributed by atoms with Crippen molar-refractivity contribution in [2.75, 3.05) is 0 Å². The van der Waals surface area contributed by atoms with Crippen LogP contribution < -0.4 is 0 Å². The van der Waals surface area contributed by atoms with Crippen molar-refractivity contribution in [3.63, 3.8) is 0 Å². The van der Waals surface area contributed by atoms with Gasteiger partial charge in [0.1, 0.15) is 0 Å². The van der Waals surface area contributed by atoms with E-state index in [4.69, 9.17) is 0 Å². The smallest absolute Gasteiger partial charge is 0.0123 e. The first-order valence-electron chi connectivity index (χ1n) is 2.42.